The van der Waals surface area contributed by atoms with Crippen molar-refractivity contribution in [3.8, 4) is 11.5 Å². The minimum atomic E-state index is -0.877. The number of benzene rings is 2. The summed E-state index contributed by atoms with van der Waals surface area (Å²) in [6.45, 7) is 1.26. The van der Waals surface area contributed by atoms with Crippen LogP contribution in [0.25, 0.3) is 0 Å². The predicted octanol–water partition coefficient (Wildman–Crippen LogP) is 3.65. The first-order valence-corrected chi connectivity index (χ1v) is 8.05. The summed E-state index contributed by atoms with van der Waals surface area (Å²) < 4.78 is 16.3. The van der Waals surface area contributed by atoms with Gasteiger partial charge in [-0.15, -0.1) is 0 Å². The molecular formula is C18H17BrO5. The lowest BCUT2D eigenvalue weighted by molar-refractivity contribution is -0.148. The molecule has 0 aliphatic rings. The summed E-state index contributed by atoms with van der Waals surface area (Å²) in [6.07, 6.45) is -0.877. The molecule has 0 unspecified atom stereocenters. The zero-order valence-corrected chi connectivity index (χ0v) is 14.9. The monoisotopic (exact) mass is 392 g/mol. The van der Waals surface area contributed by atoms with E-state index in [-0.39, 0.29) is 12.4 Å². The molecule has 5 nitrogen and oxygen atoms in total. The van der Waals surface area contributed by atoms with Crippen molar-refractivity contribution in [1.29, 1.82) is 0 Å². The van der Waals surface area contributed by atoms with Crippen molar-refractivity contribution in [1.82, 2.24) is 0 Å². The molecule has 0 aromatic heterocycles. The van der Waals surface area contributed by atoms with Gasteiger partial charge in [-0.1, -0.05) is 28.1 Å². The largest absolute Gasteiger partial charge is 0.497 e. The topological polar surface area (TPSA) is 61.8 Å². The first kappa shape index (κ1) is 18.0. The number of carbonyl (C=O) groups is 2. The summed E-state index contributed by atoms with van der Waals surface area (Å²) in [5, 5.41) is 0. The number of methoxy groups -OCH3 is 1. The highest BCUT2D eigenvalue weighted by Crippen LogP contribution is 2.17. The fraction of sp³-hybridized carbons (Fsp3) is 0.222. The number of halogens is 1. The zero-order chi connectivity index (χ0) is 17.5. The minimum Gasteiger partial charge on any atom is -0.497 e. The van der Waals surface area contributed by atoms with E-state index in [9.17, 15) is 9.59 Å². The lowest BCUT2D eigenvalue weighted by atomic mass is 10.1. The molecule has 0 saturated heterocycles. The zero-order valence-electron chi connectivity index (χ0n) is 13.3. The number of rotatable bonds is 7. The highest BCUT2D eigenvalue weighted by Gasteiger charge is 2.19. The van der Waals surface area contributed by atoms with Gasteiger partial charge in [-0.05, 0) is 43.3 Å². The summed E-state index contributed by atoms with van der Waals surface area (Å²) in [6, 6.07) is 13.7. The average Bonchev–Trinajstić information content (AvgIpc) is 2.60. The highest BCUT2D eigenvalue weighted by molar-refractivity contribution is 9.10. The number of carbonyl (C=O) groups excluding carboxylic acids is 2. The average molecular weight is 393 g/mol. The smallest absolute Gasteiger partial charge is 0.344 e. The molecule has 0 saturated carbocycles. The molecule has 1 atom stereocenters. The molecule has 2 aromatic carbocycles. The van der Waals surface area contributed by atoms with Gasteiger partial charge in [0, 0.05) is 10.0 Å². The number of hydrogen-bond donors (Lipinski definition) is 0. The van der Waals surface area contributed by atoms with E-state index in [4.69, 9.17) is 14.2 Å². The van der Waals surface area contributed by atoms with Crippen LogP contribution in [0.3, 0.4) is 0 Å². The van der Waals surface area contributed by atoms with Gasteiger partial charge in [-0.2, -0.15) is 0 Å². The Bertz CT molecular complexity index is 694. The van der Waals surface area contributed by atoms with Gasteiger partial charge in [0.1, 0.15) is 11.5 Å². The first-order chi connectivity index (χ1) is 11.5. The minimum absolute atomic E-state index is 0.264. The number of ketones is 1. The third kappa shape index (κ3) is 5.09. The molecule has 2 aromatic rings. The van der Waals surface area contributed by atoms with E-state index in [0.717, 1.165) is 4.47 Å². The molecule has 0 fully saturated rings. The second kappa shape index (κ2) is 8.49. The van der Waals surface area contributed by atoms with Crippen LogP contribution in [0.2, 0.25) is 0 Å². The molecule has 0 radical (unpaired) electrons. The van der Waals surface area contributed by atoms with Crippen LogP contribution < -0.4 is 9.47 Å². The summed E-state index contributed by atoms with van der Waals surface area (Å²) in [5.74, 6) is 0.336. The van der Waals surface area contributed by atoms with Crippen molar-refractivity contribution in [2.75, 3.05) is 13.7 Å². The van der Waals surface area contributed by atoms with Gasteiger partial charge in [-0.25, -0.2) is 4.79 Å². The maximum Gasteiger partial charge on any atom is 0.344 e. The Morgan fingerprint density at radius 1 is 1.00 bits per heavy atom. The van der Waals surface area contributed by atoms with Crippen molar-refractivity contribution in [2.45, 2.75) is 13.0 Å². The van der Waals surface area contributed by atoms with E-state index in [2.05, 4.69) is 15.9 Å². The predicted molar refractivity (Wildman–Crippen MR) is 92.5 cm³/mol. The summed E-state index contributed by atoms with van der Waals surface area (Å²) in [4.78, 5) is 24.0. The fourth-order valence-electron chi connectivity index (χ4n) is 1.95. The second-order valence-electron chi connectivity index (χ2n) is 4.97. The Labute approximate surface area is 148 Å². The van der Waals surface area contributed by atoms with Gasteiger partial charge in [0.25, 0.3) is 0 Å². The van der Waals surface area contributed by atoms with Crippen molar-refractivity contribution >= 4 is 27.7 Å². The van der Waals surface area contributed by atoms with Crippen LogP contribution in [0.4, 0.5) is 0 Å². The molecule has 24 heavy (non-hydrogen) atoms. The molecule has 6 heteroatoms. The molecular weight excluding hydrogens is 376 g/mol. The van der Waals surface area contributed by atoms with Crippen LogP contribution in [-0.4, -0.2) is 31.6 Å². The number of ether oxygens (including phenoxy) is 3. The molecule has 0 N–H and O–H groups in total. The molecule has 0 aliphatic carbocycles. The lowest BCUT2D eigenvalue weighted by Gasteiger charge is -2.13. The lowest BCUT2D eigenvalue weighted by Crippen LogP contribution is -2.27. The van der Waals surface area contributed by atoms with E-state index in [1.54, 1.807) is 55.6 Å². The number of hydrogen-bond acceptors (Lipinski definition) is 5. The van der Waals surface area contributed by atoms with Crippen molar-refractivity contribution < 1.29 is 23.8 Å². The molecule has 2 rings (SSSR count). The summed E-state index contributed by atoms with van der Waals surface area (Å²) in [7, 11) is 1.57. The van der Waals surface area contributed by atoms with Crippen LogP contribution in [0, 0.1) is 0 Å². The van der Waals surface area contributed by atoms with E-state index in [1.165, 1.54) is 6.92 Å². The Hall–Kier alpha value is -2.34. The van der Waals surface area contributed by atoms with Gasteiger partial charge in [0.05, 0.1) is 7.11 Å². The third-order valence-corrected chi connectivity index (χ3v) is 3.75. The maximum atomic E-state index is 12.2. The molecule has 0 spiro atoms. The van der Waals surface area contributed by atoms with Crippen LogP contribution in [-0.2, 0) is 9.53 Å². The van der Waals surface area contributed by atoms with E-state index in [0.29, 0.717) is 17.1 Å². The molecule has 0 amide bonds. The van der Waals surface area contributed by atoms with Crippen molar-refractivity contribution in [3.05, 3.63) is 58.6 Å². The van der Waals surface area contributed by atoms with Gasteiger partial charge in [-0.3, -0.25) is 4.79 Å². The number of Topliss-reactive ketones (excluding diaryl/α,β-unsaturated/α-hetero) is 1. The van der Waals surface area contributed by atoms with E-state index < -0.39 is 12.1 Å². The summed E-state index contributed by atoms with van der Waals surface area (Å²) in [5.41, 5.74) is 0.481. The number of esters is 1. The Kier molecular flexibility index (Phi) is 6.37. The standard InChI is InChI=1S/C18H17BrO5/c1-12(18(21)13-3-5-14(19)6-4-13)24-17(20)11-23-16-9-7-15(22-2)8-10-16/h3-10,12H,11H2,1-2H3/t12-/m1/s1. The maximum absolute atomic E-state index is 12.2. The summed E-state index contributed by atoms with van der Waals surface area (Å²) >= 11 is 3.30. The quantitative estimate of drug-likeness (QED) is 0.531. The van der Waals surface area contributed by atoms with Gasteiger partial charge in [0.2, 0.25) is 5.78 Å². The SMILES string of the molecule is COc1ccc(OCC(=O)O[C@H](C)C(=O)c2ccc(Br)cc2)cc1. The Morgan fingerprint density at radius 2 is 1.58 bits per heavy atom. The van der Waals surface area contributed by atoms with Gasteiger partial charge >= 0.3 is 5.97 Å². The van der Waals surface area contributed by atoms with E-state index >= 15 is 0 Å². The molecule has 0 heterocycles. The van der Waals surface area contributed by atoms with Crippen LogP contribution >= 0.6 is 15.9 Å². The highest BCUT2D eigenvalue weighted by atomic mass is 79.9. The van der Waals surface area contributed by atoms with E-state index in [1.807, 2.05) is 0 Å². The molecule has 126 valence electrons. The van der Waals surface area contributed by atoms with Crippen LogP contribution in [0.5, 0.6) is 11.5 Å². The third-order valence-electron chi connectivity index (χ3n) is 3.22. The normalized spacial score (nSPS) is 11.5. The Balaban J connectivity index is 1.84. The Morgan fingerprint density at radius 3 is 2.17 bits per heavy atom. The van der Waals surface area contributed by atoms with Crippen molar-refractivity contribution in [3.63, 3.8) is 0 Å². The van der Waals surface area contributed by atoms with Gasteiger partial charge in [0.15, 0.2) is 12.7 Å². The fourth-order valence-corrected chi connectivity index (χ4v) is 2.21. The van der Waals surface area contributed by atoms with Crippen molar-refractivity contribution in [2.24, 2.45) is 0 Å². The van der Waals surface area contributed by atoms with Crippen LogP contribution in [0.15, 0.2) is 53.0 Å². The second-order valence-corrected chi connectivity index (χ2v) is 5.88. The first-order valence-electron chi connectivity index (χ1n) is 7.25. The molecule has 0 aliphatic heterocycles. The van der Waals surface area contributed by atoms with Crippen LogP contribution in [0.1, 0.15) is 17.3 Å². The molecule has 0 bridgehead atoms. The van der Waals surface area contributed by atoms with Gasteiger partial charge < -0.3 is 14.2 Å².